The van der Waals surface area contributed by atoms with E-state index in [1.165, 1.54) is 5.56 Å². The molecule has 0 bridgehead atoms. The molecule has 0 radical (unpaired) electrons. The molecule has 3 rings (SSSR count). The Morgan fingerprint density at radius 1 is 1.39 bits per heavy atom. The van der Waals surface area contributed by atoms with Crippen LogP contribution in [0.1, 0.15) is 27.0 Å². The van der Waals surface area contributed by atoms with Crippen LogP contribution in [0, 0.1) is 6.92 Å². The zero-order valence-corrected chi connectivity index (χ0v) is 10.5. The summed E-state index contributed by atoms with van der Waals surface area (Å²) in [5, 5.41) is 4.11. The number of benzene rings is 1. The van der Waals surface area contributed by atoms with Crippen molar-refractivity contribution in [3.63, 3.8) is 0 Å². The molecule has 0 saturated carbocycles. The fourth-order valence-corrected chi connectivity index (χ4v) is 2.43. The molecule has 3 heteroatoms. The first-order valence-electron chi connectivity index (χ1n) is 5.97. The normalized spacial score (nSPS) is 16.3. The van der Waals surface area contributed by atoms with Crippen molar-refractivity contribution < 1.29 is 4.79 Å². The van der Waals surface area contributed by atoms with Crippen LogP contribution in [0.3, 0.4) is 0 Å². The third kappa shape index (κ3) is 1.68. The molecule has 1 aromatic carbocycles. The standard InChI is InChI=1S/C15H14N2O/c1-10-4-3-5-13-14(10)7-12(15(13)18)6-11-8-16-17(2)9-11/h3-6,8-9H,7H2,1-2H3/b12-6-. The summed E-state index contributed by atoms with van der Waals surface area (Å²) in [5.41, 5.74) is 5.04. The minimum Gasteiger partial charge on any atom is -0.289 e. The number of aryl methyl sites for hydroxylation is 2. The SMILES string of the molecule is Cc1cccc2c1C/C(=C/c1cnn(C)c1)C2=O. The molecule has 90 valence electrons. The Bertz CT molecular complexity index is 665. The quantitative estimate of drug-likeness (QED) is 0.716. The monoisotopic (exact) mass is 238 g/mol. The lowest BCUT2D eigenvalue weighted by molar-refractivity contribution is 0.104. The van der Waals surface area contributed by atoms with Gasteiger partial charge in [-0.1, -0.05) is 18.2 Å². The van der Waals surface area contributed by atoms with Gasteiger partial charge in [-0.3, -0.25) is 9.48 Å². The topological polar surface area (TPSA) is 34.9 Å². The molecular weight excluding hydrogens is 224 g/mol. The van der Waals surface area contributed by atoms with Crippen molar-refractivity contribution in [1.29, 1.82) is 0 Å². The van der Waals surface area contributed by atoms with Crippen molar-refractivity contribution in [1.82, 2.24) is 9.78 Å². The largest absolute Gasteiger partial charge is 0.289 e. The van der Waals surface area contributed by atoms with E-state index in [1.54, 1.807) is 10.9 Å². The summed E-state index contributed by atoms with van der Waals surface area (Å²) in [6.07, 6.45) is 6.36. The highest BCUT2D eigenvalue weighted by molar-refractivity contribution is 6.15. The maximum absolute atomic E-state index is 12.3. The fourth-order valence-electron chi connectivity index (χ4n) is 2.43. The van der Waals surface area contributed by atoms with E-state index in [-0.39, 0.29) is 5.78 Å². The van der Waals surface area contributed by atoms with Crippen LogP contribution in [0.15, 0.2) is 36.2 Å². The average molecular weight is 238 g/mol. The average Bonchev–Trinajstić information content (AvgIpc) is 2.88. The number of hydrogen-bond acceptors (Lipinski definition) is 2. The summed E-state index contributed by atoms with van der Waals surface area (Å²) in [7, 11) is 1.87. The molecule has 18 heavy (non-hydrogen) atoms. The van der Waals surface area contributed by atoms with Crippen LogP contribution in [-0.2, 0) is 13.5 Å². The third-order valence-corrected chi connectivity index (χ3v) is 3.38. The maximum Gasteiger partial charge on any atom is 0.189 e. The van der Waals surface area contributed by atoms with Gasteiger partial charge in [-0.2, -0.15) is 5.10 Å². The fraction of sp³-hybridized carbons (Fsp3) is 0.200. The lowest BCUT2D eigenvalue weighted by Gasteiger charge is -1.99. The molecule has 1 heterocycles. The smallest absolute Gasteiger partial charge is 0.189 e. The van der Waals surface area contributed by atoms with E-state index >= 15 is 0 Å². The molecule has 0 atom stereocenters. The Balaban J connectivity index is 2.02. The lowest BCUT2D eigenvalue weighted by Crippen LogP contribution is -1.94. The number of allylic oxidation sites excluding steroid dienone is 1. The summed E-state index contributed by atoms with van der Waals surface area (Å²) in [6, 6.07) is 5.91. The molecule has 1 aromatic heterocycles. The van der Waals surface area contributed by atoms with Crippen LogP contribution in [0.5, 0.6) is 0 Å². The zero-order chi connectivity index (χ0) is 12.7. The second-order valence-corrected chi connectivity index (χ2v) is 4.72. The van der Waals surface area contributed by atoms with Gasteiger partial charge in [0.1, 0.15) is 0 Å². The van der Waals surface area contributed by atoms with Gasteiger partial charge in [0.15, 0.2) is 5.78 Å². The van der Waals surface area contributed by atoms with E-state index in [1.807, 2.05) is 31.5 Å². The Morgan fingerprint density at radius 2 is 2.22 bits per heavy atom. The third-order valence-electron chi connectivity index (χ3n) is 3.38. The highest BCUT2D eigenvalue weighted by atomic mass is 16.1. The predicted molar refractivity (Wildman–Crippen MR) is 70.4 cm³/mol. The molecule has 0 unspecified atom stereocenters. The van der Waals surface area contributed by atoms with Gasteiger partial charge in [0.05, 0.1) is 6.20 Å². The zero-order valence-electron chi connectivity index (χ0n) is 10.5. The molecule has 1 aliphatic carbocycles. The number of ketones is 1. The molecule has 0 amide bonds. The van der Waals surface area contributed by atoms with Crippen molar-refractivity contribution in [2.24, 2.45) is 7.05 Å². The Labute approximate surface area is 106 Å². The maximum atomic E-state index is 12.3. The van der Waals surface area contributed by atoms with E-state index in [9.17, 15) is 4.79 Å². The summed E-state index contributed by atoms with van der Waals surface area (Å²) in [5.74, 6) is 0.151. The first-order chi connectivity index (χ1) is 8.65. The van der Waals surface area contributed by atoms with Gasteiger partial charge >= 0.3 is 0 Å². The summed E-state index contributed by atoms with van der Waals surface area (Å²) >= 11 is 0. The van der Waals surface area contributed by atoms with Crippen LogP contribution in [0.2, 0.25) is 0 Å². The number of hydrogen-bond donors (Lipinski definition) is 0. The van der Waals surface area contributed by atoms with E-state index in [0.717, 1.165) is 28.7 Å². The van der Waals surface area contributed by atoms with Crippen LogP contribution < -0.4 is 0 Å². The van der Waals surface area contributed by atoms with E-state index in [0.29, 0.717) is 0 Å². The van der Waals surface area contributed by atoms with Crippen LogP contribution in [0.25, 0.3) is 6.08 Å². The van der Waals surface area contributed by atoms with Crippen molar-refractivity contribution in [3.05, 3.63) is 58.4 Å². The highest BCUT2D eigenvalue weighted by Crippen LogP contribution is 2.29. The van der Waals surface area contributed by atoms with Crippen molar-refractivity contribution in [3.8, 4) is 0 Å². The number of carbonyl (C=O) groups excluding carboxylic acids is 1. The van der Waals surface area contributed by atoms with Gasteiger partial charge in [-0.05, 0) is 24.1 Å². The van der Waals surface area contributed by atoms with E-state index < -0.39 is 0 Å². The number of fused-ring (bicyclic) bond motifs is 1. The second kappa shape index (κ2) is 3.95. The number of carbonyl (C=O) groups is 1. The molecule has 0 N–H and O–H groups in total. The van der Waals surface area contributed by atoms with Gasteiger partial charge in [-0.15, -0.1) is 0 Å². The Hall–Kier alpha value is -2.16. The second-order valence-electron chi connectivity index (χ2n) is 4.72. The molecule has 0 aliphatic heterocycles. The van der Waals surface area contributed by atoms with Gasteiger partial charge < -0.3 is 0 Å². The molecule has 0 saturated heterocycles. The summed E-state index contributed by atoms with van der Waals surface area (Å²) in [4.78, 5) is 12.3. The van der Waals surface area contributed by atoms with Crippen LogP contribution in [0.4, 0.5) is 0 Å². The number of rotatable bonds is 1. The van der Waals surface area contributed by atoms with Gasteiger partial charge in [0.2, 0.25) is 0 Å². The summed E-state index contributed by atoms with van der Waals surface area (Å²) < 4.78 is 1.74. The van der Waals surface area contributed by atoms with Gasteiger partial charge in [0, 0.05) is 36.4 Å². The Morgan fingerprint density at radius 3 is 2.89 bits per heavy atom. The minimum absolute atomic E-state index is 0.151. The number of nitrogens with zero attached hydrogens (tertiary/aromatic N) is 2. The van der Waals surface area contributed by atoms with Gasteiger partial charge in [0.25, 0.3) is 0 Å². The summed E-state index contributed by atoms with van der Waals surface area (Å²) in [6.45, 7) is 2.05. The molecular formula is C15H14N2O. The van der Waals surface area contributed by atoms with E-state index in [2.05, 4.69) is 18.1 Å². The minimum atomic E-state index is 0.151. The van der Waals surface area contributed by atoms with E-state index in [4.69, 9.17) is 0 Å². The lowest BCUT2D eigenvalue weighted by atomic mass is 10.1. The first kappa shape index (κ1) is 11.0. The molecule has 0 spiro atoms. The molecule has 3 nitrogen and oxygen atoms in total. The van der Waals surface area contributed by atoms with Crippen molar-refractivity contribution in [2.45, 2.75) is 13.3 Å². The molecule has 1 aliphatic rings. The van der Waals surface area contributed by atoms with Crippen molar-refractivity contribution >= 4 is 11.9 Å². The van der Waals surface area contributed by atoms with Crippen molar-refractivity contribution in [2.75, 3.05) is 0 Å². The number of Topliss-reactive ketones (excluding diaryl/α,β-unsaturated/α-hetero) is 1. The van der Waals surface area contributed by atoms with Gasteiger partial charge in [-0.25, -0.2) is 0 Å². The van der Waals surface area contributed by atoms with Crippen LogP contribution >= 0.6 is 0 Å². The highest BCUT2D eigenvalue weighted by Gasteiger charge is 2.25. The molecule has 2 aromatic rings. The number of aromatic nitrogens is 2. The Kier molecular flexibility index (Phi) is 2.40. The first-order valence-corrected chi connectivity index (χ1v) is 5.97. The molecule has 0 fully saturated rings. The predicted octanol–water partition coefficient (Wildman–Crippen LogP) is 2.55. The van der Waals surface area contributed by atoms with Crippen LogP contribution in [-0.4, -0.2) is 15.6 Å².